The molecule has 2 heterocycles. The van der Waals surface area contributed by atoms with Gasteiger partial charge >= 0.3 is 0 Å². The van der Waals surface area contributed by atoms with Crippen molar-refractivity contribution in [2.24, 2.45) is 5.73 Å². The third kappa shape index (κ3) is 2.85. The van der Waals surface area contributed by atoms with Crippen molar-refractivity contribution in [3.05, 3.63) is 47.1 Å². The highest BCUT2D eigenvalue weighted by atomic mass is 35.5. The summed E-state index contributed by atoms with van der Waals surface area (Å²) in [5.41, 5.74) is 9.93. The Morgan fingerprint density at radius 3 is 2.92 bits per heavy atom. The third-order valence-electron chi connectivity index (χ3n) is 4.66. The highest BCUT2D eigenvalue weighted by molar-refractivity contribution is 6.30. The van der Waals surface area contributed by atoms with Gasteiger partial charge in [-0.15, -0.1) is 0 Å². The van der Waals surface area contributed by atoms with E-state index in [1.54, 1.807) is 6.20 Å². The van der Waals surface area contributed by atoms with Crippen molar-refractivity contribution in [1.82, 2.24) is 14.6 Å². The highest BCUT2D eigenvalue weighted by Gasteiger charge is 2.22. The normalized spacial score (nSPS) is 20.6. The van der Waals surface area contributed by atoms with Crippen LogP contribution in [0.1, 0.15) is 24.8 Å². The molecule has 24 heavy (non-hydrogen) atoms. The number of aromatic nitrogens is 3. The number of anilines is 1. The van der Waals surface area contributed by atoms with Crippen molar-refractivity contribution < 1.29 is 0 Å². The lowest BCUT2D eigenvalue weighted by molar-refractivity contribution is 0.684. The van der Waals surface area contributed by atoms with Crippen LogP contribution in [0.15, 0.2) is 36.5 Å². The van der Waals surface area contributed by atoms with Gasteiger partial charge < -0.3 is 11.1 Å². The van der Waals surface area contributed by atoms with Gasteiger partial charge in [-0.05, 0) is 43.9 Å². The SMILES string of the molecule is Cc1ccc(Cl)cc1-c1cc(N[C@H]2CC[C@H](N)C2)n2nccc2n1. The molecule has 0 aliphatic heterocycles. The van der Waals surface area contributed by atoms with Crippen molar-refractivity contribution in [2.45, 2.75) is 38.3 Å². The summed E-state index contributed by atoms with van der Waals surface area (Å²) in [5.74, 6) is 0.943. The van der Waals surface area contributed by atoms with Gasteiger partial charge in [0.2, 0.25) is 0 Å². The van der Waals surface area contributed by atoms with Crippen LogP contribution >= 0.6 is 11.6 Å². The standard InChI is InChI=1S/C18H20ClN5/c1-11-2-3-12(19)8-15(11)16-10-18(22-14-5-4-13(20)9-14)24-17(23-16)6-7-21-24/h2-3,6-8,10,13-14,22H,4-5,9,20H2,1H3/t13-,14-/m0/s1. The molecule has 2 aromatic heterocycles. The van der Waals surface area contributed by atoms with Crippen molar-refractivity contribution in [3.8, 4) is 11.3 Å². The Bertz CT molecular complexity index is 888. The lowest BCUT2D eigenvalue weighted by Crippen LogP contribution is -2.22. The molecular weight excluding hydrogens is 322 g/mol. The minimum absolute atomic E-state index is 0.284. The van der Waals surface area contributed by atoms with Gasteiger partial charge in [-0.3, -0.25) is 0 Å². The number of fused-ring (bicyclic) bond motifs is 1. The zero-order valence-electron chi connectivity index (χ0n) is 13.5. The van der Waals surface area contributed by atoms with Gasteiger partial charge in [0.15, 0.2) is 5.65 Å². The van der Waals surface area contributed by atoms with E-state index in [1.165, 1.54) is 0 Å². The Hall–Kier alpha value is -2.11. The third-order valence-corrected chi connectivity index (χ3v) is 4.90. The van der Waals surface area contributed by atoms with Gasteiger partial charge in [-0.2, -0.15) is 9.61 Å². The van der Waals surface area contributed by atoms with E-state index < -0.39 is 0 Å². The maximum Gasteiger partial charge on any atom is 0.157 e. The number of rotatable bonds is 3. The summed E-state index contributed by atoms with van der Waals surface area (Å²) >= 11 is 6.18. The molecule has 0 unspecified atom stereocenters. The fourth-order valence-corrected chi connectivity index (χ4v) is 3.55. The minimum atomic E-state index is 0.284. The smallest absolute Gasteiger partial charge is 0.157 e. The zero-order chi connectivity index (χ0) is 16.7. The van der Waals surface area contributed by atoms with Crippen LogP contribution in [-0.4, -0.2) is 26.7 Å². The number of nitrogens with two attached hydrogens (primary N) is 1. The van der Waals surface area contributed by atoms with Gasteiger partial charge in [0.1, 0.15) is 5.82 Å². The van der Waals surface area contributed by atoms with Crippen LogP contribution in [0.5, 0.6) is 0 Å². The molecule has 4 rings (SSSR count). The van der Waals surface area contributed by atoms with Crippen molar-refractivity contribution in [2.75, 3.05) is 5.32 Å². The van der Waals surface area contributed by atoms with E-state index in [4.69, 9.17) is 22.3 Å². The first-order chi connectivity index (χ1) is 11.6. The first-order valence-electron chi connectivity index (χ1n) is 8.23. The lowest BCUT2D eigenvalue weighted by Gasteiger charge is -2.16. The monoisotopic (exact) mass is 341 g/mol. The predicted molar refractivity (Wildman–Crippen MR) is 97.4 cm³/mol. The van der Waals surface area contributed by atoms with Crippen LogP contribution in [0.4, 0.5) is 5.82 Å². The molecule has 0 bridgehead atoms. The largest absolute Gasteiger partial charge is 0.367 e. The molecule has 1 aliphatic carbocycles. The van der Waals surface area contributed by atoms with E-state index in [0.717, 1.165) is 47.5 Å². The van der Waals surface area contributed by atoms with Crippen molar-refractivity contribution >= 4 is 23.1 Å². The molecule has 6 heteroatoms. The first kappa shape index (κ1) is 15.4. The van der Waals surface area contributed by atoms with E-state index in [-0.39, 0.29) is 6.04 Å². The molecule has 0 saturated heterocycles. The number of nitrogens with zero attached hydrogens (tertiary/aromatic N) is 3. The molecule has 1 fully saturated rings. The van der Waals surface area contributed by atoms with Gasteiger partial charge in [0.05, 0.1) is 11.9 Å². The van der Waals surface area contributed by atoms with Crippen molar-refractivity contribution in [1.29, 1.82) is 0 Å². The molecule has 0 spiro atoms. The Kier molecular flexibility index (Phi) is 3.90. The summed E-state index contributed by atoms with van der Waals surface area (Å²) in [5, 5.41) is 8.69. The summed E-state index contributed by atoms with van der Waals surface area (Å²) in [4.78, 5) is 4.73. The molecule has 2 atom stereocenters. The Morgan fingerprint density at radius 1 is 1.25 bits per heavy atom. The summed E-state index contributed by atoms with van der Waals surface area (Å²) in [6, 6.07) is 10.5. The second-order valence-electron chi connectivity index (χ2n) is 6.50. The molecule has 1 aromatic carbocycles. The number of halogens is 1. The maximum absolute atomic E-state index is 6.18. The molecule has 124 valence electrons. The fourth-order valence-electron chi connectivity index (χ4n) is 3.38. The second kappa shape index (κ2) is 6.07. The van der Waals surface area contributed by atoms with Crippen LogP contribution in [-0.2, 0) is 0 Å². The second-order valence-corrected chi connectivity index (χ2v) is 6.94. The first-order valence-corrected chi connectivity index (χ1v) is 8.61. The van der Waals surface area contributed by atoms with E-state index in [9.17, 15) is 0 Å². The van der Waals surface area contributed by atoms with E-state index in [1.807, 2.05) is 34.8 Å². The average molecular weight is 342 g/mol. The maximum atomic E-state index is 6.18. The average Bonchev–Trinajstić information content (AvgIpc) is 3.18. The van der Waals surface area contributed by atoms with Crippen LogP contribution < -0.4 is 11.1 Å². The summed E-state index contributed by atoms with van der Waals surface area (Å²) in [6.45, 7) is 2.07. The predicted octanol–water partition coefficient (Wildman–Crippen LogP) is 3.65. The van der Waals surface area contributed by atoms with Crippen LogP contribution in [0.3, 0.4) is 0 Å². The molecule has 3 N–H and O–H groups in total. The molecule has 0 amide bonds. The number of hydrogen-bond donors (Lipinski definition) is 2. The molecular formula is C18H20ClN5. The summed E-state index contributed by atoms with van der Waals surface area (Å²) in [6.07, 6.45) is 4.89. The molecule has 5 nitrogen and oxygen atoms in total. The Labute approximate surface area is 145 Å². The quantitative estimate of drug-likeness (QED) is 0.763. The minimum Gasteiger partial charge on any atom is -0.367 e. The van der Waals surface area contributed by atoms with Crippen LogP contribution in [0.25, 0.3) is 16.9 Å². The Balaban J connectivity index is 1.78. The number of hydrogen-bond acceptors (Lipinski definition) is 4. The number of benzene rings is 1. The van der Waals surface area contributed by atoms with Gasteiger partial charge in [0.25, 0.3) is 0 Å². The van der Waals surface area contributed by atoms with E-state index >= 15 is 0 Å². The molecule has 1 aliphatic rings. The highest BCUT2D eigenvalue weighted by Crippen LogP contribution is 2.29. The summed E-state index contributed by atoms with van der Waals surface area (Å²) < 4.78 is 1.84. The molecule has 1 saturated carbocycles. The van der Waals surface area contributed by atoms with E-state index in [2.05, 4.69) is 17.3 Å². The Morgan fingerprint density at radius 2 is 2.12 bits per heavy atom. The number of aryl methyl sites for hydroxylation is 1. The topological polar surface area (TPSA) is 68.2 Å². The fraction of sp³-hybridized carbons (Fsp3) is 0.333. The van der Waals surface area contributed by atoms with E-state index in [0.29, 0.717) is 11.1 Å². The summed E-state index contributed by atoms with van der Waals surface area (Å²) in [7, 11) is 0. The van der Waals surface area contributed by atoms with Gasteiger partial charge in [0, 0.05) is 34.8 Å². The number of nitrogens with one attached hydrogen (secondary N) is 1. The zero-order valence-corrected chi connectivity index (χ0v) is 14.3. The van der Waals surface area contributed by atoms with Gasteiger partial charge in [-0.1, -0.05) is 17.7 Å². The molecule has 0 radical (unpaired) electrons. The lowest BCUT2D eigenvalue weighted by atomic mass is 10.1. The molecule has 3 aromatic rings. The van der Waals surface area contributed by atoms with Gasteiger partial charge in [-0.25, -0.2) is 4.98 Å². The van der Waals surface area contributed by atoms with Crippen molar-refractivity contribution in [3.63, 3.8) is 0 Å². The van der Waals surface area contributed by atoms with Crippen LogP contribution in [0, 0.1) is 6.92 Å². The van der Waals surface area contributed by atoms with Crippen LogP contribution in [0.2, 0.25) is 5.02 Å².